The largest absolute Gasteiger partial charge is 0.322 e. The number of halogens is 1. The third-order valence-corrected chi connectivity index (χ3v) is 3.43. The molecule has 4 nitrogen and oxygen atoms in total. The van der Waals surface area contributed by atoms with Crippen LogP contribution in [0.1, 0.15) is 5.56 Å². The molecule has 0 radical (unpaired) electrons. The topological polar surface area (TPSA) is 48.1 Å². The predicted octanol–water partition coefficient (Wildman–Crippen LogP) is 1.36. The van der Waals surface area contributed by atoms with Gasteiger partial charge in [0.2, 0.25) is 0 Å². The van der Waals surface area contributed by atoms with Crippen LogP contribution in [0.2, 0.25) is 0 Å². The summed E-state index contributed by atoms with van der Waals surface area (Å²) in [7, 11) is 0. The molecule has 0 amide bonds. The lowest BCUT2D eigenvalue weighted by atomic mass is 10.1. The van der Waals surface area contributed by atoms with Crippen LogP contribution in [0.4, 0.5) is 0 Å². The number of nitrogens with one attached hydrogen (secondary N) is 2. The normalized spacial score (nSPS) is 16.2. The second-order valence-corrected chi connectivity index (χ2v) is 4.74. The van der Waals surface area contributed by atoms with Gasteiger partial charge in [-0.3, -0.25) is 9.69 Å². The zero-order valence-corrected chi connectivity index (χ0v) is 11.5. The van der Waals surface area contributed by atoms with Gasteiger partial charge >= 0.3 is 0 Å². The Bertz CT molecular complexity index is 605. The van der Waals surface area contributed by atoms with E-state index in [9.17, 15) is 4.79 Å². The molecule has 0 saturated carbocycles. The summed E-state index contributed by atoms with van der Waals surface area (Å²) >= 11 is 0. The highest BCUT2D eigenvalue weighted by Gasteiger charge is 2.12. The predicted molar refractivity (Wildman–Crippen MR) is 80.0 cm³/mol. The number of piperazine rings is 1. The number of nitrogens with zero attached hydrogens (tertiary/aromatic N) is 1. The Balaban J connectivity index is 0.00000133. The average molecular weight is 280 g/mol. The molecule has 1 saturated heterocycles. The van der Waals surface area contributed by atoms with Crippen molar-refractivity contribution in [1.82, 2.24) is 15.2 Å². The van der Waals surface area contributed by atoms with E-state index in [-0.39, 0.29) is 18.0 Å². The summed E-state index contributed by atoms with van der Waals surface area (Å²) in [6, 6.07) is 9.91. The third-order valence-electron chi connectivity index (χ3n) is 3.43. The van der Waals surface area contributed by atoms with Gasteiger partial charge in [0.05, 0.1) is 0 Å². The molecule has 0 atom stereocenters. The minimum Gasteiger partial charge on any atom is -0.322 e. The van der Waals surface area contributed by atoms with E-state index in [4.69, 9.17) is 0 Å². The SMILES string of the molecule is Cl.O=c1[nH]c2ccccc2cc1CN1CCNCC1. The molecule has 2 aromatic rings. The van der Waals surface area contributed by atoms with Gasteiger partial charge < -0.3 is 10.3 Å². The molecule has 1 aromatic heterocycles. The quantitative estimate of drug-likeness (QED) is 0.873. The van der Waals surface area contributed by atoms with Gasteiger partial charge in [0.25, 0.3) is 5.56 Å². The molecule has 19 heavy (non-hydrogen) atoms. The first-order chi connectivity index (χ1) is 8.83. The lowest BCUT2D eigenvalue weighted by Crippen LogP contribution is -2.43. The fourth-order valence-corrected chi connectivity index (χ4v) is 2.42. The molecule has 1 fully saturated rings. The molecule has 3 rings (SSSR count). The van der Waals surface area contributed by atoms with Gasteiger partial charge in [-0.15, -0.1) is 12.4 Å². The van der Waals surface area contributed by atoms with Gasteiger partial charge in [0.15, 0.2) is 0 Å². The Morgan fingerprint density at radius 3 is 2.68 bits per heavy atom. The summed E-state index contributed by atoms with van der Waals surface area (Å²) < 4.78 is 0. The number of hydrogen-bond donors (Lipinski definition) is 2. The van der Waals surface area contributed by atoms with Gasteiger partial charge in [-0.2, -0.15) is 0 Å². The average Bonchev–Trinajstić information content (AvgIpc) is 2.41. The molecule has 0 spiro atoms. The van der Waals surface area contributed by atoms with Crippen LogP contribution in [-0.2, 0) is 6.54 Å². The van der Waals surface area contributed by atoms with Gasteiger partial charge in [-0.1, -0.05) is 18.2 Å². The van der Waals surface area contributed by atoms with Crippen molar-refractivity contribution in [2.75, 3.05) is 26.2 Å². The number of fused-ring (bicyclic) bond motifs is 1. The monoisotopic (exact) mass is 279 g/mol. The Hall–Kier alpha value is -1.36. The lowest BCUT2D eigenvalue weighted by Gasteiger charge is -2.26. The number of para-hydroxylation sites is 1. The lowest BCUT2D eigenvalue weighted by molar-refractivity contribution is 0.232. The highest BCUT2D eigenvalue weighted by Crippen LogP contribution is 2.11. The standard InChI is InChI=1S/C14H17N3O.ClH/c18-14-12(10-17-7-5-15-6-8-17)9-11-3-1-2-4-13(11)16-14;/h1-4,9,15H,5-8,10H2,(H,16,18);1H. The Morgan fingerprint density at radius 1 is 1.16 bits per heavy atom. The zero-order chi connectivity index (χ0) is 12.4. The number of benzene rings is 1. The van der Waals surface area contributed by atoms with Crippen LogP contribution in [0, 0.1) is 0 Å². The van der Waals surface area contributed by atoms with Crippen molar-refractivity contribution in [1.29, 1.82) is 0 Å². The highest BCUT2D eigenvalue weighted by atomic mass is 35.5. The molecule has 0 unspecified atom stereocenters. The van der Waals surface area contributed by atoms with Crippen molar-refractivity contribution in [3.05, 3.63) is 46.2 Å². The first kappa shape index (κ1) is 14.1. The molecule has 2 N–H and O–H groups in total. The molecular formula is C14H18ClN3O. The van der Waals surface area contributed by atoms with Crippen LogP contribution in [0.5, 0.6) is 0 Å². The summed E-state index contributed by atoms with van der Waals surface area (Å²) in [6.45, 7) is 4.76. The van der Waals surface area contributed by atoms with Gasteiger partial charge in [0, 0.05) is 43.8 Å². The summed E-state index contributed by atoms with van der Waals surface area (Å²) in [6.07, 6.45) is 0. The Morgan fingerprint density at radius 2 is 1.89 bits per heavy atom. The fourth-order valence-electron chi connectivity index (χ4n) is 2.42. The summed E-state index contributed by atoms with van der Waals surface area (Å²) in [5.74, 6) is 0. The molecule has 102 valence electrons. The van der Waals surface area contributed by atoms with Crippen molar-refractivity contribution in [2.24, 2.45) is 0 Å². The van der Waals surface area contributed by atoms with E-state index in [0.29, 0.717) is 0 Å². The van der Waals surface area contributed by atoms with Gasteiger partial charge in [-0.05, 0) is 17.5 Å². The number of rotatable bonds is 2. The van der Waals surface area contributed by atoms with Crippen molar-refractivity contribution >= 4 is 23.3 Å². The maximum absolute atomic E-state index is 12.0. The molecule has 0 aliphatic carbocycles. The van der Waals surface area contributed by atoms with Crippen molar-refractivity contribution in [3.8, 4) is 0 Å². The fraction of sp³-hybridized carbons (Fsp3) is 0.357. The maximum Gasteiger partial charge on any atom is 0.252 e. The van der Waals surface area contributed by atoms with Crippen LogP contribution >= 0.6 is 12.4 Å². The van der Waals surface area contributed by atoms with Crippen LogP contribution in [-0.4, -0.2) is 36.1 Å². The minimum atomic E-state index is 0. The van der Waals surface area contributed by atoms with E-state index in [1.165, 1.54) is 0 Å². The number of hydrogen-bond acceptors (Lipinski definition) is 3. The smallest absolute Gasteiger partial charge is 0.252 e. The van der Waals surface area contributed by atoms with Crippen molar-refractivity contribution in [2.45, 2.75) is 6.54 Å². The molecule has 1 aliphatic heterocycles. The molecule has 1 aliphatic rings. The van der Waals surface area contributed by atoms with Crippen LogP contribution in [0.15, 0.2) is 35.1 Å². The first-order valence-electron chi connectivity index (χ1n) is 6.37. The minimum absolute atomic E-state index is 0. The van der Waals surface area contributed by atoms with Gasteiger partial charge in [-0.25, -0.2) is 0 Å². The molecule has 0 bridgehead atoms. The maximum atomic E-state index is 12.0. The number of aromatic amines is 1. The zero-order valence-electron chi connectivity index (χ0n) is 10.7. The molecule has 2 heterocycles. The van der Waals surface area contributed by atoms with E-state index in [1.54, 1.807) is 0 Å². The molecule has 5 heteroatoms. The molecular weight excluding hydrogens is 262 g/mol. The first-order valence-corrected chi connectivity index (χ1v) is 6.37. The number of H-pyrrole nitrogens is 1. The Kier molecular flexibility index (Phi) is 4.58. The number of aromatic nitrogens is 1. The second kappa shape index (κ2) is 6.19. The van der Waals surface area contributed by atoms with E-state index in [0.717, 1.165) is 49.2 Å². The second-order valence-electron chi connectivity index (χ2n) is 4.74. The molecule has 1 aromatic carbocycles. The van der Waals surface area contributed by atoms with E-state index in [2.05, 4.69) is 15.2 Å². The van der Waals surface area contributed by atoms with Gasteiger partial charge in [0.1, 0.15) is 0 Å². The van der Waals surface area contributed by atoms with E-state index in [1.807, 2.05) is 30.3 Å². The summed E-state index contributed by atoms with van der Waals surface area (Å²) in [4.78, 5) is 17.3. The van der Waals surface area contributed by atoms with Crippen LogP contribution in [0.25, 0.3) is 10.9 Å². The van der Waals surface area contributed by atoms with E-state index >= 15 is 0 Å². The third kappa shape index (κ3) is 3.15. The summed E-state index contributed by atoms with van der Waals surface area (Å²) in [5, 5.41) is 4.42. The number of pyridine rings is 1. The van der Waals surface area contributed by atoms with Crippen molar-refractivity contribution in [3.63, 3.8) is 0 Å². The summed E-state index contributed by atoms with van der Waals surface area (Å²) in [5.41, 5.74) is 1.80. The Labute approximate surface area is 118 Å². The van der Waals surface area contributed by atoms with Crippen LogP contribution < -0.4 is 10.9 Å². The van der Waals surface area contributed by atoms with E-state index < -0.39 is 0 Å². The van der Waals surface area contributed by atoms with Crippen molar-refractivity contribution < 1.29 is 0 Å². The van der Waals surface area contributed by atoms with Crippen LogP contribution in [0.3, 0.4) is 0 Å². The highest BCUT2D eigenvalue weighted by molar-refractivity contribution is 5.85.